The third kappa shape index (κ3) is 1.57. The second kappa shape index (κ2) is 3.37. The number of rotatable bonds is 1. The third-order valence-electron chi connectivity index (χ3n) is 1.83. The summed E-state index contributed by atoms with van der Waals surface area (Å²) in [5.41, 5.74) is 0.977. The highest BCUT2D eigenvalue weighted by Crippen LogP contribution is 2.20. The summed E-state index contributed by atoms with van der Waals surface area (Å²) in [7, 11) is 0. The van der Waals surface area contributed by atoms with Gasteiger partial charge in [0.2, 0.25) is 0 Å². The van der Waals surface area contributed by atoms with Gasteiger partial charge in [0.15, 0.2) is 6.17 Å². The summed E-state index contributed by atoms with van der Waals surface area (Å²) in [6, 6.07) is 3.73. The molecule has 0 fully saturated rings. The lowest BCUT2D eigenvalue weighted by molar-refractivity contribution is 0.278. The van der Waals surface area contributed by atoms with Crippen LogP contribution >= 0.6 is 0 Å². The molecule has 1 aliphatic heterocycles. The van der Waals surface area contributed by atoms with E-state index < -0.39 is 0 Å². The van der Waals surface area contributed by atoms with Gasteiger partial charge in [-0.1, -0.05) is 0 Å². The van der Waals surface area contributed by atoms with Crippen molar-refractivity contribution in [3.63, 3.8) is 0 Å². The summed E-state index contributed by atoms with van der Waals surface area (Å²) in [6.45, 7) is 0. The van der Waals surface area contributed by atoms with Crippen LogP contribution in [0.15, 0.2) is 41.8 Å². The van der Waals surface area contributed by atoms with Crippen LogP contribution < -0.4 is 5.84 Å². The van der Waals surface area contributed by atoms with E-state index in [2.05, 4.69) is 9.98 Å². The van der Waals surface area contributed by atoms with Gasteiger partial charge in [0, 0.05) is 30.4 Å². The van der Waals surface area contributed by atoms with E-state index in [1.54, 1.807) is 30.9 Å². The van der Waals surface area contributed by atoms with Gasteiger partial charge in [-0.2, -0.15) is 0 Å². The largest absolute Gasteiger partial charge is 0.272 e. The predicted molar refractivity (Wildman–Crippen MR) is 49.5 cm³/mol. The molecule has 1 aromatic heterocycles. The lowest BCUT2D eigenvalue weighted by Crippen LogP contribution is -2.22. The van der Waals surface area contributed by atoms with Crippen molar-refractivity contribution in [3.8, 4) is 0 Å². The quantitative estimate of drug-likeness (QED) is 0.640. The summed E-state index contributed by atoms with van der Waals surface area (Å²) in [4.78, 5) is 8.10. The van der Waals surface area contributed by atoms with Crippen molar-refractivity contribution in [3.05, 3.63) is 42.4 Å². The van der Waals surface area contributed by atoms with E-state index in [1.807, 2.05) is 12.1 Å². The fourth-order valence-corrected chi connectivity index (χ4v) is 1.20. The molecule has 13 heavy (non-hydrogen) atoms. The molecule has 0 bridgehead atoms. The van der Waals surface area contributed by atoms with Gasteiger partial charge in [-0.25, -0.2) is 0 Å². The Kier molecular flexibility index (Phi) is 2.06. The summed E-state index contributed by atoms with van der Waals surface area (Å²) >= 11 is 0. The second-order valence-electron chi connectivity index (χ2n) is 2.70. The van der Waals surface area contributed by atoms with Crippen LogP contribution in [0.1, 0.15) is 11.7 Å². The van der Waals surface area contributed by atoms with E-state index in [0.717, 1.165) is 5.56 Å². The van der Waals surface area contributed by atoms with Gasteiger partial charge in [-0.05, 0) is 18.2 Å². The van der Waals surface area contributed by atoms with Gasteiger partial charge in [0.25, 0.3) is 0 Å². The van der Waals surface area contributed by atoms with Gasteiger partial charge >= 0.3 is 0 Å². The minimum absolute atomic E-state index is 0.229. The zero-order chi connectivity index (χ0) is 9.10. The van der Waals surface area contributed by atoms with E-state index >= 15 is 0 Å². The van der Waals surface area contributed by atoms with Crippen LogP contribution in [0.4, 0.5) is 0 Å². The van der Waals surface area contributed by atoms with E-state index in [9.17, 15) is 0 Å². The Morgan fingerprint density at radius 1 is 1.31 bits per heavy atom. The Bertz CT molecular complexity index is 331. The van der Waals surface area contributed by atoms with Crippen LogP contribution in [0.5, 0.6) is 0 Å². The minimum atomic E-state index is -0.229. The molecule has 4 heteroatoms. The maximum atomic E-state index is 7.58. The third-order valence-corrected chi connectivity index (χ3v) is 1.83. The molecule has 0 saturated heterocycles. The summed E-state index contributed by atoms with van der Waals surface area (Å²) in [5.74, 6) is 7.58. The van der Waals surface area contributed by atoms with Crippen LogP contribution in [0, 0.1) is 0 Å². The molecule has 0 aromatic carbocycles. The molecule has 1 unspecified atom stereocenters. The Morgan fingerprint density at radius 2 is 2.08 bits per heavy atom. The fraction of sp³-hybridized carbons (Fsp3) is 0.111. The fourth-order valence-electron chi connectivity index (χ4n) is 1.20. The van der Waals surface area contributed by atoms with Crippen molar-refractivity contribution in [1.29, 1.82) is 0 Å². The molecule has 2 rings (SSSR count). The summed E-state index contributed by atoms with van der Waals surface area (Å²) in [5, 5.41) is 1.31. The molecule has 1 radical (unpaired) electrons. The number of hydrogen-bond donors (Lipinski definition) is 0. The highest BCUT2D eigenvalue weighted by atomic mass is 15.4. The normalized spacial score (nSPS) is 20.7. The van der Waals surface area contributed by atoms with Crippen molar-refractivity contribution < 1.29 is 0 Å². The first-order valence-electron chi connectivity index (χ1n) is 3.97. The van der Waals surface area contributed by atoms with Gasteiger partial charge in [0.1, 0.15) is 0 Å². The van der Waals surface area contributed by atoms with Crippen molar-refractivity contribution >= 4 is 6.21 Å². The van der Waals surface area contributed by atoms with Gasteiger partial charge in [-0.15, -0.1) is 5.84 Å². The summed E-state index contributed by atoms with van der Waals surface area (Å²) in [6.07, 6.45) is 8.31. The molecule has 0 aliphatic carbocycles. The maximum absolute atomic E-state index is 7.58. The number of nitrogens with zero attached hydrogens (tertiary/aromatic N) is 3. The molecular formula is C9H9N4. The number of hydrogen-bond acceptors (Lipinski definition) is 3. The number of nitrogens with one attached hydrogen (secondary N) is 1. The van der Waals surface area contributed by atoms with Crippen LogP contribution in [0.3, 0.4) is 0 Å². The van der Waals surface area contributed by atoms with Gasteiger partial charge in [0.05, 0.1) is 0 Å². The van der Waals surface area contributed by atoms with E-state index in [0.29, 0.717) is 0 Å². The van der Waals surface area contributed by atoms with Crippen LogP contribution in [-0.2, 0) is 0 Å². The second-order valence-corrected chi connectivity index (χ2v) is 2.70. The number of allylic oxidation sites excluding steroid dienone is 1. The lowest BCUT2D eigenvalue weighted by Gasteiger charge is -2.23. The molecule has 4 nitrogen and oxygen atoms in total. The average molecular weight is 173 g/mol. The molecule has 2 heterocycles. The lowest BCUT2D eigenvalue weighted by atomic mass is 10.2. The Morgan fingerprint density at radius 3 is 2.77 bits per heavy atom. The first-order chi connectivity index (χ1) is 6.38. The number of aromatic nitrogens is 1. The molecule has 0 amide bonds. The van der Waals surface area contributed by atoms with Gasteiger partial charge < -0.3 is 0 Å². The number of pyridine rings is 1. The average Bonchev–Trinajstić information content (AvgIpc) is 2.20. The van der Waals surface area contributed by atoms with Crippen LogP contribution in [0.2, 0.25) is 0 Å². The first kappa shape index (κ1) is 7.94. The highest BCUT2D eigenvalue weighted by Gasteiger charge is 2.14. The predicted octanol–water partition coefficient (Wildman–Crippen LogP) is 1.18. The highest BCUT2D eigenvalue weighted by molar-refractivity contribution is 5.72. The molecular weight excluding hydrogens is 164 g/mol. The van der Waals surface area contributed by atoms with E-state index in [1.165, 1.54) is 5.01 Å². The van der Waals surface area contributed by atoms with Gasteiger partial charge in [-0.3, -0.25) is 15.0 Å². The Hall–Kier alpha value is -1.68. The molecule has 1 aromatic rings. The smallest absolute Gasteiger partial charge is 0.161 e. The Balaban J connectivity index is 2.27. The molecule has 1 atom stereocenters. The molecule has 0 spiro atoms. The van der Waals surface area contributed by atoms with E-state index in [-0.39, 0.29) is 6.17 Å². The maximum Gasteiger partial charge on any atom is 0.161 e. The SMILES string of the molecule is [NH]N1C=CC=NC1c1ccncc1. The standard InChI is InChI=1S/C9H9N4/c10-13-7-1-4-12-9(13)8-2-5-11-6-3-8/h1-7,9-10H. The van der Waals surface area contributed by atoms with Crippen molar-refractivity contribution in [2.75, 3.05) is 0 Å². The van der Waals surface area contributed by atoms with Crippen LogP contribution in [-0.4, -0.2) is 16.2 Å². The van der Waals surface area contributed by atoms with Crippen molar-refractivity contribution in [2.45, 2.75) is 6.17 Å². The van der Waals surface area contributed by atoms with Crippen LogP contribution in [0.25, 0.3) is 0 Å². The number of aliphatic imine (C=N–C) groups is 1. The molecule has 1 aliphatic rings. The van der Waals surface area contributed by atoms with Crippen molar-refractivity contribution in [1.82, 2.24) is 15.8 Å². The molecule has 0 saturated carbocycles. The van der Waals surface area contributed by atoms with E-state index in [4.69, 9.17) is 5.84 Å². The first-order valence-corrected chi connectivity index (χ1v) is 3.97. The Labute approximate surface area is 76.4 Å². The zero-order valence-electron chi connectivity index (χ0n) is 6.96. The van der Waals surface area contributed by atoms with Crippen molar-refractivity contribution in [2.24, 2.45) is 4.99 Å². The molecule has 1 N–H and O–H groups in total. The zero-order valence-corrected chi connectivity index (χ0v) is 6.96. The summed E-state index contributed by atoms with van der Waals surface area (Å²) < 4.78 is 0. The monoisotopic (exact) mass is 173 g/mol. The topological polar surface area (TPSA) is 52.3 Å². The minimum Gasteiger partial charge on any atom is -0.272 e. The molecule has 65 valence electrons.